The average molecular weight is 500 g/mol. The molecular weight excluding hydrogens is 475 g/mol. The molecule has 2 aromatic carbocycles. The number of hydrogen-bond acceptors (Lipinski definition) is 0. The van der Waals surface area contributed by atoms with E-state index in [9.17, 15) is 0 Å². The average Bonchev–Trinajstić information content (AvgIpc) is 3.31. The molecule has 0 heterocycles. The minimum atomic E-state index is 0. The van der Waals surface area contributed by atoms with Crippen molar-refractivity contribution in [3.05, 3.63) is 129 Å². The van der Waals surface area contributed by atoms with Gasteiger partial charge in [0.2, 0.25) is 0 Å². The molecule has 2 heteroatoms. The standard InChI is InChI=1S/C12H10N.2C6H7.Yb/c1-3-7-11(8-4-1)13-12-9-5-2-6-10-12;2*1-6-4-2-3-5-6;/h1-10H;2*2-5H,1H3;/q-1;;;+3. The Hall–Kier alpha value is -0.241. The fraction of sp³-hybridized carbons (Fsp3) is 0.0833. The number of rotatable bonds is 2. The molecule has 2 aliphatic carbocycles. The molecule has 4 rings (SSSR count). The first-order valence-electron chi connectivity index (χ1n) is 8.42. The molecule has 2 fully saturated rings. The van der Waals surface area contributed by atoms with E-state index >= 15 is 0 Å². The topological polar surface area (TPSA) is 14.1 Å². The smallest absolute Gasteiger partial charge is 0.658 e. The van der Waals surface area contributed by atoms with Gasteiger partial charge in [-0.2, -0.15) is 0 Å². The summed E-state index contributed by atoms with van der Waals surface area (Å²) < 4.78 is 0. The first kappa shape index (κ1) is 23.8. The van der Waals surface area contributed by atoms with Crippen molar-refractivity contribution in [3.8, 4) is 0 Å². The van der Waals surface area contributed by atoms with Crippen LogP contribution in [0.2, 0.25) is 0 Å². The zero-order chi connectivity index (χ0) is 17.7. The third-order valence-electron chi connectivity index (χ3n) is 3.43. The van der Waals surface area contributed by atoms with E-state index in [4.69, 9.17) is 0 Å². The van der Waals surface area contributed by atoms with E-state index in [0.29, 0.717) is 0 Å². The normalized spacial score (nSPS) is 16.5. The molecule has 26 heavy (non-hydrogen) atoms. The van der Waals surface area contributed by atoms with Gasteiger partial charge in [0.05, 0.1) is 0 Å². The van der Waals surface area contributed by atoms with Crippen molar-refractivity contribution in [3.63, 3.8) is 0 Å². The van der Waals surface area contributed by atoms with E-state index in [2.05, 4.69) is 44.8 Å². The van der Waals surface area contributed by atoms with Gasteiger partial charge in [-0.3, -0.25) is 0 Å². The predicted molar refractivity (Wildman–Crippen MR) is 108 cm³/mol. The summed E-state index contributed by atoms with van der Waals surface area (Å²) in [6, 6.07) is 19.9. The molecule has 0 atom stereocenters. The van der Waals surface area contributed by atoms with E-state index in [1.165, 1.54) is 11.8 Å². The maximum Gasteiger partial charge on any atom is 3.00 e. The van der Waals surface area contributed by atoms with Crippen LogP contribution >= 0.6 is 0 Å². The van der Waals surface area contributed by atoms with Crippen molar-refractivity contribution in [1.29, 1.82) is 0 Å². The Morgan fingerprint density at radius 3 is 1.04 bits per heavy atom. The maximum atomic E-state index is 4.44. The maximum absolute atomic E-state index is 4.44. The molecule has 2 aromatic rings. The van der Waals surface area contributed by atoms with Gasteiger partial charge >= 0.3 is 46.9 Å². The molecule has 2 saturated carbocycles. The third-order valence-corrected chi connectivity index (χ3v) is 3.43. The number of benzene rings is 2. The van der Waals surface area contributed by atoms with E-state index in [1.807, 2.05) is 86.3 Å². The van der Waals surface area contributed by atoms with Gasteiger partial charge in [-0.25, -0.2) is 0 Å². The summed E-state index contributed by atoms with van der Waals surface area (Å²) in [7, 11) is 0. The second-order valence-corrected chi connectivity index (χ2v) is 5.71. The summed E-state index contributed by atoms with van der Waals surface area (Å²) >= 11 is 0. The van der Waals surface area contributed by atoms with Crippen molar-refractivity contribution in [2.75, 3.05) is 0 Å². The van der Waals surface area contributed by atoms with E-state index in [-0.39, 0.29) is 46.9 Å². The van der Waals surface area contributed by atoms with Crippen LogP contribution in [0.5, 0.6) is 0 Å². The van der Waals surface area contributed by atoms with Crippen molar-refractivity contribution in [1.82, 2.24) is 0 Å². The first-order chi connectivity index (χ1) is 12.2. The van der Waals surface area contributed by atoms with Crippen molar-refractivity contribution < 1.29 is 46.9 Å². The number of nitrogens with zero attached hydrogens (tertiary/aromatic N) is 1. The van der Waals surface area contributed by atoms with E-state index in [0.717, 1.165) is 11.4 Å². The minimum Gasteiger partial charge on any atom is -0.658 e. The van der Waals surface area contributed by atoms with Crippen LogP contribution < -0.4 is 0 Å². The van der Waals surface area contributed by atoms with Gasteiger partial charge in [0.15, 0.2) is 0 Å². The predicted octanol–water partition coefficient (Wildman–Crippen LogP) is 6.85. The summed E-state index contributed by atoms with van der Waals surface area (Å²) in [6.07, 6.45) is 16.5. The third kappa shape index (κ3) is 10.8. The van der Waals surface area contributed by atoms with E-state index in [1.54, 1.807) is 0 Å². The molecule has 0 saturated heterocycles. The molecule has 1 nitrogen and oxygen atoms in total. The van der Waals surface area contributed by atoms with E-state index < -0.39 is 0 Å². The fourth-order valence-electron chi connectivity index (χ4n) is 2.09. The molecule has 0 spiro atoms. The zero-order valence-corrected chi connectivity index (χ0v) is 16.8. The summed E-state index contributed by atoms with van der Waals surface area (Å²) in [5, 5.41) is 4.44. The van der Waals surface area contributed by atoms with Crippen molar-refractivity contribution in [2.45, 2.75) is 13.8 Å². The second-order valence-electron chi connectivity index (χ2n) is 5.71. The van der Waals surface area contributed by atoms with Crippen LogP contribution in [0, 0.1) is 110 Å². The Labute approximate surface area is 199 Å². The molecule has 0 bridgehead atoms. The largest absolute Gasteiger partial charge is 3.00 e. The van der Waals surface area contributed by atoms with Gasteiger partial charge in [0.25, 0.3) is 0 Å². The summed E-state index contributed by atoms with van der Waals surface area (Å²) in [5.74, 6) is 2.69. The Kier molecular flexibility index (Phi) is 13.5. The van der Waals surface area contributed by atoms with Gasteiger partial charge in [-0.05, 0) is 63.2 Å². The van der Waals surface area contributed by atoms with Gasteiger partial charge in [0.1, 0.15) is 0 Å². The number of hydrogen-bond donors (Lipinski definition) is 0. The molecule has 137 valence electrons. The molecule has 0 aliphatic heterocycles. The summed E-state index contributed by atoms with van der Waals surface area (Å²) in [6.45, 7) is 4.17. The summed E-state index contributed by atoms with van der Waals surface area (Å²) in [4.78, 5) is 0. The van der Waals surface area contributed by atoms with Crippen LogP contribution in [0.4, 0.5) is 11.4 Å². The molecule has 0 amide bonds. The zero-order valence-electron chi connectivity index (χ0n) is 15.1. The molecular formula is C24H24NYb+2. The molecule has 0 N–H and O–H groups in total. The molecule has 2 aliphatic rings. The first-order valence-corrected chi connectivity index (χ1v) is 8.42. The molecule has 0 unspecified atom stereocenters. The Morgan fingerprint density at radius 1 is 0.500 bits per heavy atom. The monoisotopic (exact) mass is 500 g/mol. The minimum absolute atomic E-state index is 0. The van der Waals surface area contributed by atoms with Gasteiger partial charge in [-0.1, -0.05) is 74.5 Å². The Morgan fingerprint density at radius 2 is 0.808 bits per heavy atom. The fourth-order valence-corrected chi connectivity index (χ4v) is 2.09. The number of para-hydroxylation sites is 2. The van der Waals surface area contributed by atoms with Crippen LogP contribution in [0.1, 0.15) is 13.8 Å². The van der Waals surface area contributed by atoms with Gasteiger partial charge in [0, 0.05) is 0 Å². The van der Waals surface area contributed by atoms with Crippen LogP contribution in [-0.2, 0) is 0 Å². The van der Waals surface area contributed by atoms with Crippen LogP contribution in [0.25, 0.3) is 5.32 Å². The van der Waals surface area contributed by atoms with Gasteiger partial charge in [-0.15, -0.1) is 11.4 Å². The Bertz CT molecular complexity index is 491. The SMILES string of the molecule is C[C]1[CH][CH][CH][CH]1.C[C]1[CH][CH][CH][CH]1.[Yb+3].c1ccc([N-]c2ccccc2)cc1. The second kappa shape index (κ2) is 14.8. The van der Waals surface area contributed by atoms with Crippen molar-refractivity contribution in [2.24, 2.45) is 0 Å². The molecule has 0 aromatic heterocycles. The van der Waals surface area contributed by atoms with Crippen LogP contribution in [0.3, 0.4) is 0 Å². The van der Waals surface area contributed by atoms with Crippen LogP contribution in [0.15, 0.2) is 60.7 Å². The molecule has 11 radical (unpaired) electrons. The quantitative estimate of drug-likeness (QED) is 0.429. The summed E-state index contributed by atoms with van der Waals surface area (Å²) in [5.41, 5.74) is 1.99. The Balaban J connectivity index is 0.000000218. The van der Waals surface area contributed by atoms with Gasteiger partial charge < -0.3 is 5.32 Å². The van der Waals surface area contributed by atoms with Crippen molar-refractivity contribution >= 4 is 11.4 Å². The van der Waals surface area contributed by atoms with Crippen LogP contribution in [-0.4, -0.2) is 0 Å².